The van der Waals surface area contributed by atoms with Crippen LogP contribution in [0.1, 0.15) is 17.5 Å². The number of carbonyl (C=O) groups is 1. The summed E-state index contributed by atoms with van der Waals surface area (Å²) >= 11 is 7.39. The van der Waals surface area contributed by atoms with E-state index < -0.39 is 0 Å². The van der Waals surface area contributed by atoms with Crippen molar-refractivity contribution in [2.24, 2.45) is 0 Å². The number of carbonyl (C=O) groups excluding carboxylic acids is 1. The van der Waals surface area contributed by atoms with Gasteiger partial charge in [-0.3, -0.25) is 4.79 Å². The van der Waals surface area contributed by atoms with Gasteiger partial charge in [0.05, 0.1) is 18.4 Å². The highest BCUT2D eigenvalue weighted by molar-refractivity contribution is 7.99. The van der Waals surface area contributed by atoms with Gasteiger partial charge in [-0.2, -0.15) is 5.26 Å². The second-order valence-electron chi connectivity index (χ2n) is 6.50. The summed E-state index contributed by atoms with van der Waals surface area (Å²) in [6, 6.07) is 18.7. The zero-order chi connectivity index (χ0) is 21.5. The fourth-order valence-electron chi connectivity index (χ4n) is 2.74. The SMILES string of the molecule is COc1ccc(-c2ccc(C#N)c(SCCC(=O)Nc3cc(Cl)ccc3C)n2)cc1. The number of hydrogen-bond acceptors (Lipinski definition) is 5. The van der Waals surface area contributed by atoms with Gasteiger partial charge in [-0.25, -0.2) is 4.98 Å². The first-order valence-corrected chi connectivity index (χ1v) is 10.6. The molecular formula is C23H20ClN3O2S. The Balaban J connectivity index is 1.66. The standard InChI is InChI=1S/C23H20ClN3O2S/c1-15-3-7-18(24)13-21(15)26-22(28)11-12-30-23-17(14-25)6-10-20(27-23)16-4-8-19(29-2)9-5-16/h3-10,13H,11-12H2,1-2H3,(H,26,28). The van der Waals surface area contributed by atoms with Gasteiger partial charge in [0.1, 0.15) is 16.8 Å². The normalized spacial score (nSPS) is 10.3. The third-order valence-corrected chi connectivity index (χ3v) is 5.64. The lowest BCUT2D eigenvalue weighted by Gasteiger charge is -2.10. The first-order chi connectivity index (χ1) is 14.5. The van der Waals surface area contributed by atoms with Gasteiger partial charge in [0.15, 0.2) is 0 Å². The van der Waals surface area contributed by atoms with Crippen LogP contribution >= 0.6 is 23.4 Å². The minimum absolute atomic E-state index is 0.113. The molecule has 1 aromatic heterocycles. The van der Waals surface area contributed by atoms with Crippen molar-refractivity contribution in [2.75, 3.05) is 18.2 Å². The molecule has 30 heavy (non-hydrogen) atoms. The van der Waals surface area contributed by atoms with E-state index >= 15 is 0 Å². The van der Waals surface area contributed by atoms with Crippen LogP contribution in [0.4, 0.5) is 5.69 Å². The monoisotopic (exact) mass is 437 g/mol. The van der Waals surface area contributed by atoms with E-state index in [9.17, 15) is 10.1 Å². The topological polar surface area (TPSA) is 75.0 Å². The number of benzene rings is 2. The maximum atomic E-state index is 12.3. The van der Waals surface area contributed by atoms with Gasteiger partial charge in [0.25, 0.3) is 0 Å². The number of aryl methyl sites for hydroxylation is 1. The summed E-state index contributed by atoms with van der Waals surface area (Å²) in [6.45, 7) is 1.91. The molecule has 3 aromatic rings. The van der Waals surface area contributed by atoms with Crippen LogP contribution < -0.4 is 10.1 Å². The molecule has 0 aliphatic heterocycles. The third-order valence-electron chi connectivity index (χ3n) is 4.41. The fourth-order valence-corrected chi connectivity index (χ4v) is 3.83. The van der Waals surface area contributed by atoms with Crippen LogP contribution in [0.15, 0.2) is 59.6 Å². The summed E-state index contributed by atoms with van der Waals surface area (Å²) in [5.41, 5.74) is 3.83. The minimum Gasteiger partial charge on any atom is -0.497 e. The van der Waals surface area contributed by atoms with E-state index in [0.717, 1.165) is 22.6 Å². The summed E-state index contributed by atoms with van der Waals surface area (Å²) in [7, 11) is 1.62. The van der Waals surface area contributed by atoms with Crippen molar-refractivity contribution in [3.8, 4) is 23.1 Å². The lowest BCUT2D eigenvalue weighted by molar-refractivity contribution is -0.115. The predicted molar refractivity (Wildman–Crippen MR) is 121 cm³/mol. The number of nitriles is 1. The second-order valence-corrected chi connectivity index (χ2v) is 8.02. The minimum atomic E-state index is -0.113. The molecule has 2 aromatic carbocycles. The van der Waals surface area contributed by atoms with Crippen LogP contribution in [0.2, 0.25) is 5.02 Å². The first-order valence-electron chi connectivity index (χ1n) is 9.24. The van der Waals surface area contributed by atoms with Crippen LogP contribution in [-0.4, -0.2) is 23.8 Å². The molecule has 1 amide bonds. The van der Waals surface area contributed by atoms with E-state index in [-0.39, 0.29) is 12.3 Å². The summed E-state index contributed by atoms with van der Waals surface area (Å²) in [6.07, 6.45) is 0.288. The molecule has 0 bridgehead atoms. The van der Waals surface area contributed by atoms with Gasteiger partial charge < -0.3 is 10.1 Å². The smallest absolute Gasteiger partial charge is 0.225 e. The highest BCUT2D eigenvalue weighted by Crippen LogP contribution is 2.27. The van der Waals surface area contributed by atoms with Gasteiger partial charge in [-0.15, -0.1) is 11.8 Å². The van der Waals surface area contributed by atoms with Gasteiger partial charge in [0.2, 0.25) is 5.91 Å². The average molecular weight is 438 g/mol. The molecule has 0 saturated carbocycles. The quantitative estimate of drug-likeness (QED) is 0.479. The molecule has 0 fully saturated rings. The number of rotatable bonds is 7. The number of nitrogens with zero attached hydrogens (tertiary/aromatic N) is 2. The number of pyridine rings is 1. The number of amides is 1. The Kier molecular flexibility index (Phi) is 7.34. The summed E-state index contributed by atoms with van der Waals surface area (Å²) < 4.78 is 5.18. The molecule has 0 unspecified atom stereocenters. The van der Waals surface area contributed by atoms with E-state index in [1.807, 2.05) is 43.3 Å². The summed E-state index contributed by atoms with van der Waals surface area (Å²) in [5.74, 6) is 1.15. The zero-order valence-electron chi connectivity index (χ0n) is 16.6. The van der Waals surface area contributed by atoms with E-state index in [0.29, 0.717) is 27.1 Å². The maximum absolute atomic E-state index is 12.3. The summed E-state index contributed by atoms with van der Waals surface area (Å²) in [5, 5.41) is 13.5. The van der Waals surface area contributed by atoms with Crippen LogP contribution in [0.5, 0.6) is 5.75 Å². The van der Waals surface area contributed by atoms with Crippen LogP contribution in [0.3, 0.4) is 0 Å². The van der Waals surface area contributed by atoms with Crippen molar-refractivity contribution < 1.29 is 9.53 Å². The van der Waals surface area contributed by atoms with Crippen molar-refractivity contribution in [3.63, 3.8) is 0 Å². The van der Waals surface area contributed by atoms with Crippen molar-refractivity contribution in [3.05, 3.63) is 70.7 Å². The Morgan fingerprint density at radius 3 is 2.67 bits per heavy atom. The van der Waals surface area contributed by atoms with Gasteiger partial charge in [-0.1, -0.05) is 17.7 Å². The predicted octanol–water partition coefficient (Wildman–Crippen LogP) is 5.71. The van der Waals surface area contributed by atoms with E-state index in [4.69, 9.17) is 16.3 Å². The molecule has 1 N–H and O–H groups in total. The molecule has 0 aliphatic carbocycles. The second kappa shape index (κ2) is 10.1. The number of halogens is 1. The van der Waals surface area contributed by atoms with Gasteiger partial charge >= 0.3 is 0 Å². The lowest BCUT2D eigenvalue weighted by Crippen LogP contribution is -2.13. The number of thioether (sulfide) groups is 1. The number of hydrogen-bond donors (Lipinski definition) is 1. The van der Waals surface area contributed by atoms with Gasteiger partial charge in [-0.05, 0) is 61.0 Å². The fraction of sp³-hybridized carbons (Fsp3) is 0.174. The summed E-state index contributed by atoms with van der Waals surface area (Å²) in [4.78, 5) is 16.9. The number of ether oxygens (including phenoxy) is 1. The Labute approximate surface area is 185 Å². The molecule has 1 heterocycles. The van der Waals surface area contributed by atoms with E-state index in [1.165, 1.54) is 11.8 Å². The van der Waals surface area contributed by atoms with Crippen molar-refractivity contribution in [2.45, 2.75) is 18.4 Å². The molecule has 152 valence electrons. The van der Waals surface area contributed by atoms with E-state index in [2.05, 4.69) is 16.4 Å². The number of methoxy groups -OCH3 is 1. The Hall–Kier alpha value is -3.01. The first kappa shape index (κ1) is 21.7. The van der Waals surface area contributed by atoms with Crippen molar-refractivity contribution in [1.82, 2.24) is 4.98 Å². The molecule has 0 spiro atoms. The Bertz CT molecular complexity index is 1090. The van der Waals surface area contributed by atoms with Crippen LogP contribution in [0, 0.1) is 18.3 Å². The Morgan fingerprint density at radius 1 is 1.20 bits per heavy atom. The maximum Gasteiger partial charge on any atom is 0.225 e. The molecule has 5 nitrogen and oxygen atoms in total. The number of aromatic nitrogens is 1. The Morgan fingerprint density at radius 2 is 1.97 bits per heavy atom. The molecule has 0 radical (unpaired) electrons. The number of anilines is 1. The molecule has 7 heteroatoms. The molecule has 0 atom stereocenters. The van der Waals surface area contributed by atoms with E-state index in [1.54, 1.807) is 25.3 Å². The largest absolute Gasteiger partial charge is 0.497 e. The third kappa shape index (κ3) is 5.53. The molecule has 0 saturated heterocycles. The zero-order valence-corrected chi connectivity index (χ0v) is 18.2. The molecular weight excluding hydrogens is 418 g/mol. The van der Waals surface area contributed by atoms with Crippen molar-refractivity contribution >= 4 is 35.0 Å². The van der Waals surface area contributed by atoms with Crippen LogP contribution in [-0.2, 0) is 4.79 Å². The van der Waals surface area contributed by atoms with Gasteiger partial charge in [0, 0.05) is 28.4 Å². The molecule has 0 aliphatic rings. The highest BCUT2D eigenvalue weighted by atomic mass is 35.5. The lowest BCUT2D eigenvalue weighted by atomic mass is 10.1. The molecule has 3 rings (SSSR count). The average Bonchev–Trinajstić information content (AvgIpc) is 2.76. The van der Waals surface area contributed by atoms with Crippen LogP contribution in [0.25, 0.3) is 11.3 Å². The highest BCUT2D eigenvalue weighted by Gasteiger charge is 2.11. The van der Waals surface area contributed by atoms with Crippen molar-refractivity contribution in [1.29, 1.82) is 5.26 Å². The number of nitrogens with one attached hydrogen (secondary N) is 1.